The molecule has 0 amide bonds. The molecule has 6 heteroatoms. The fourth-order valence-corrected chi connectivity index (χ4v) is 5.89. The van der Waals surface area contributed by atoms with E-state index in [-0.39, 0.29) is 6.04 Å². The predicted molar refractivity (Wildman–Crippen MR) is 145 cm³/mol. The van der Waals surface area contributed by atoms with Gasteiger partial charge in [0.1, 0.15) is 11.0 Å². The molecule has 0 bridgehead atoms. The number of hydrogen-bond acceptors (Lipinski definition) is 6. The van der Waals surface area contributed by atoms with Crippen LogP contribution in [-0.2, 0) is 6.42 Å². The van der Waals surface area contributed by atoms with Gasteiger partial charge in [-0.25, -0.2) is 10.8 Å². The minimum atomic E-state index is -0.178. The number of rotatable bonds is 9. The molecule has 5 nitrogen and oxygen atoms in total. The number of nitrogens with two attached hydrogens (primary N) is 2. The Kier molecular flexibility index (Phi) is 8.24. The fraction of sp³-hybridized carbons (Fsp3) is 0.464. The molecule has 2 aromatic carbocycles. The monoisotopic (exact) mass is 477 g/mol. The van der Waals surface area contributed by atoms with E-state index < -0.39 is 0 Å². The molecule has 1 fully saturated rings. The summed E-state index contributed by atoms with van der Waals surface area (Å²) in [4.78, 5) is 7.54. The summed E-state index contributed by atoms with van der Waals surface area (Å²) in [6.07, 6.45) is 8.85. The van der Waals surface area contributed by atoms with Gasteiger partial charge < -0.3 is 15.6 Å². The van der Waals surface area contributed by atoms with Crippen LogP contribution in [0.5, 0.6) is 0 Å². The molecule has 3 aromatic rings. The van der Waals surface area contributed by atoms with Crippen LogP contribution in [0.1, 0.15) is 72.3 Å². The Morgan fingerprint density at radius 3 is 2.65 bits per heavy atom. The van der Waals surface area contributed by atoms with Crippen molar-refractivity contribution in [3.05, 3.63) is 75.6 Å². The summed E-state index contributed by atoms with van der Waals surface area (Å²) in [5.74, 6) is 6.70. The van der Waals surface area contributed by atoms with Crippen molar-refractivity contribution in [2.24, 2.45) is 11.6 Å². The highest BCUT2D eigenvalue weighted by atomic mass is 32.1. The van der Waals surface area contributed by atoms with E-state index in [1.54, 1.807) is 16.3 Å². The van der Waals surface area contributed by atoms with Crippen LogP contribution >= 0.6 is 11.3 Å². The number of aromatic nitrogens is 1. The lowest BCUT2D eigenvalue weighted by Gasteiger charge is -2.27. The van der Waals surface area contributed by atoms with Gasteiger partial charge in [0.15, 0.2) is 0 Å². The fourth-order valence-electron chi connectivity index (χ4n) is 4.72. The van der Waals surface area contributed by atoms with Crippen LogP contribution in [0.3, 0.4) is 0 Å². The number of likely N-dealkylation sites (tertiary alicyclic amines) is 1. The number of allylic oxidation sites excluding steroid dienone is 1. The van der Waals surface area contributed by atoms with Gasteiger partial charge in [-0.15, -0.1) is 11.3 Å². The van der Waals surface area contributed by atoms with Crippen molar-refractivity contribution in [3.63, 3.8) is 0 Å². The topological polar surface area (TPSA) is 71.4 Å². The molecule has 1 aliphatic heterocycles. The largest absolute Gasteiger partial charge is 0.401 e. The van der Waals surface area contributed by atoms with Gasteiger partial charge in [0.25, 0.3) is 0 Å². The van der Waals surface area contributed by atoms with Gasteiger partial charge >= 0.3 is 0 Å². The average Bonchev–Trinajstić information content (AvgIpc) is 3.24. The van der Waals surface area contributed by atoms with Gasteiger partial charge in [-0.1, -0.05) is 37.6 Å². The highest BCUT2D eigenvalue weighted by Gasteiger charge is 2.23. The molecule has 182 valence electrons. The molecule has 0 radical (unpaired) electrons. The molecule has 34 heavy (non-hydrogen) atoms. The molecule has 1 unspecified atom stereocenters. The zero-order valence-electron chi connectivity index (χ0n) is 20.9. The number of thiazole rings is 1. The lowest BCUT2D eigenvalue weighted by molar-refractivity contribution is 0.226. The summed E-state index contributed by atoms with van der Waals surface area (Å²) < 4.78 is 1.20. The number of aryl methyl sites for hydroxylation is 3. The lowest BCUT2D eigenvalue weighted by atomic mass is 10.0. The van der Waals surface area contributed by atoms with Crippen LogP contribution < -0.4 is 11.6 Å². The minimum absolute atomic E-state index is 0.178. The van der Waals surface area contributed by atoms with Crippen molar-refractivity contribution < 1.29 is 0 Å². The molecule has 1 aliphatic rings. The third-order valence-corrected chi connectivity index (χ3v) is 8.03. The van der Waals surface area contributed by atoms with E-state index in [9.17, 15) is 0 Å². The van der Waals surface area contributed by atoms with Gasteiger partial charge in [-0.2, -0.15) is 0 Å². The summed E-state index contributed by atoms with van der Waals surface area (Å²) >= 11 is 1.72. The van der Waals surface area contributed by atoms with Crippen molar-refractivity contribution >= 4 is 21.6 Å². The third-order valence-electron chi connectivity index (χ3n) is 6.96. The molecule has 0 spiro atoms. The third kappa shape index (κ3) is 5.98. The van der Waals surface area contributed by atoms with Crippen LogP contribution in [0.2, 0.25) is 0 Å². The second kappa shape index (κ2) is 11.3. The summed E-state index contributed by atoms with van der Waals surface area (Å²) in [5, 5.41) is 2.75. The summed E-state index contributed by atoms with van der Waals surface area (Å²) in [6.45, 7) is 10.0. The van der Waals surface area contributed by atoms with Crippen LogP contribution in [0.4, 0.5) is 0 Å². The summed E-state index contributed by atoms with van der Waals surface area (Å²) in [6, 6.07) is 12.9. The van der Waals surface area contributed by atoms with Crippen LogP contribution in [-0.4, -0.2) is 34.5 Å². The Morgan fingerprint density at radius 2 is 1.91 bits per heavy atom. The number of hydrazine groups is 1. The standard InChI is InChI=1S/C28H39N5S/c1-4-22-11-13-25-26(18-22)34-28(31-25)27(23-12-10-20(2)21(3)17-23)33(30)19-24(29)9-8-16-32-14-6-5-7-15-32/h10-13,17-19,27H,4-9,14-16,29-30H2,1-3H3/b24-19-. The molecule has 0 saturated carbocycles. The predicted octanol–water partition coefficient (Wildman–Crippen LogP) is 5.81. The van der Waals surface area contributed by atoms with E-state index in [2.05, 4.69) is 62.1 Å². The Bertz CT molecular complexity index is 1130. The van der Waals surface area contributed by atoms with Crippen molar-refractivity contribution in [2.45, 2.75) is 65.3 Å². The van der Waals surface area contributed by atoms with Gasteiger partial charge in [0.2, 0.25) is 0 Å². The summed E-state index contributed by atoms with van der Waals surface area (Å²) in [7, 11) is 0. The van der Waals surface area contributed by atoms with E-state index in [0.29, 0.717) is 0 Å². The second-order valence-corrected chi connectivity index (χ2v) is 10.7. The quantitative estimate of drug-likeness (QED) is 0.301. The highest BCUT2D eigenvalue weighted by molar-refractivity contribution is 7.18. The van der Waals surface area contributed by atoms with Gasteiger partial charge in [0, 0.05) is 11.9 Å². The molecular weight excluding hydrogens is 438 g/mol. The first-order valence-electron chi connectivity index (χ1n) is 12.6. The van der Waals surface area contributed by atoms with E-state index in [0.717, 1.165) is 47.6 Å². The van der Waals surface area contributed by atoms with Crippen LogP contribution in [0.25, 0.3) is 10.2 Å². The molecule has 4 rings (SSSR count). The Morgan fingerprint density at radius 1 is 1.12 bits per heavy atom. The molecule has 2 heterocycles. The molecule has 1 aromatic heterocycles. The van der Waals surface area contributed by atoms with Gasteiger partial charge in [-0.05, 0) is 100.0 Å². The Balaban J connectivity index is 1.57. The number of fused-ring (bicyclic) bond motifs is 1. The zero-order chi connectivity index (χ0) is 24.1. The average molecular weight is 478 g/mol. The first-order chi connectivity index (χ1) is 16.4. The van der Waals surface area contributed by atoms with Crippen molar-refractivity contribution in [3.8, 4) is 0 Å². The molecule has 1 saturated heterocycles. The second-order valence-electron chi connectivity index (χ2n) is 9.61. The summed E-state index contributed by atoms with van der Waals surface area (Å²) in [5.41, 5.74) is 13.3. The molecule has 0 aliphatic carbocycles. The zero-order valence-corrected chi connectivity index (χ0v) is 21.7. The van der Waals surface area contributed by atoms with E-state index in [1.165, 1.54) is 53.7 Å². The molecule has 4 N–H and O–H groups in total. The van der Waals surface area contributed by atoms with Crippen molar-refractivity contribution in [1.82, 2.24) is 14.9 Å². The van der Waals surface area contributed by atoms with Crippen molar-refractivity contribution in [1.29, 1.82) is 0 Å². The van der Waals surface area contributed by atoms with Gasteiger partial charge in [0.05, 0.1) is 10.2 Å². The maximum Gasteiger partial charge on any atom is 0.123 e. The number of benzene rings is 2. The maximum absolute atomic E-state index is 6.70. The van der Waals surface area contributed by atoms with E-state index in [4.69, 9.17) is 16.6 Å². The normalized spacial score (nSPS) is 16.2. The molecule has 1 atom stereocenters. The Hall–Kier alpha value is -2.41. The highest BCUT2D eigenvalue weighted by Crippen LogP contribution is 2.34. The first-order valence-corrected chi connectivity index (χ1v) is 13.4. The number of hydrogen-bond donors (Lipinski definition) is 2. The minimum Gasteiger partial charge on any atom is -0.401 e. The number of nitrogens with zero attached hydrogens (tertiary/aromatic N) is 3. The van der Waals surface area contributed by atoms with E-state index >= 15 is 0 Å². The van der Waals surface area contributed by atoms with Crippen molar-refractivity contribution in [2.75, 3.05) is 19.6 Å². The van der Waals surface area contributed by atoms with Gasteiger partial charge in [-0.3, -0.25) is 0 Å². The molecular formula is C28H39N5S. The van der Waals surface area contributed by atoms with Crippen LogP contribution in [0.15, 0.2) is 48.3 Å². The lowest BCUT2D eigenvalue weighted by Crippen LogP contribution is -2.32. The number of piperidine rings is 1. The van der Waals surface area contributed by atoms with Crippen LogP contribution in [0, 0.1) is 13.8 Å². The SMILES string of the molecule is CCc1ccc2nc(C(c3ccc(C)c(C)c3)N(N)/C=C(\N)CCCN3CCCCC3)sc2c1. The van der Waals surface area contributed by atoms with E-state index in [1.807, 2.05) is 6.20 Å². The maximum atomic E-state index is 6.70. The first kappa shape index (κ1) is 24.7. The smallest absolute Gasteiger partial charge is 0.123 e. The Labute approximate surface area is 208 Å².